The van der Waals surface area contributed by atoms with Crippen molar-refractivity contribution in [2.75, 3.05) is 6.26 Å². The number of fused-ring (bicyclic) bond motifs is 1. The monoisotopic (exact) mass is 387 g/mol. The van der Waals surface area contributed by atoms with E-state index >= 15 is 0 Å². The van der Waals surface area contributed by atoms with Gasteiger partial charge in [-0.3, -0.25) is 4.40 Å². The van der Waals surface area contributed by atoms with Crippen LogP contribution in [0.25, 0.3) is 28.4 Å². The molecule has 0 aliphatic carbocycles. The summed E-state index contributed by atoms with van der Waals surface area (Å²) in [5.41, 5.74) is 1.11. The molecule has 0 aliphatic heterocycles. The number of benzene rings is 1. The highest BCUT2D eigenvalue weighted by atomic mass is 32.2. The normalized spacial score (nSPS) is 11.9. The van der Waals surface area contributed by atoms with Crippen LogP contribution >= 0.6 is 11.8 Å². The van der Waals surface area contributed by atoms with Gasteiger partial charge in [-0.2, -0.15) is 13.2 Å². The van der Waals surface area contributed by atoms with Gasteiger partial charge in [-0.25, -0.2) is 19.9 Å². The van der Waals surface area contributed by atoms with Gasteiger partial charge in [-0.05, 0) is 30.5 Å². The summed E-state index contributed by atoms with van der Waals surface area (Å²) < 4.78 is 41.2. The number of nitrogens with zero attached hydrogens (tertiary/aromatic N) is 5. The molecule has 0 fully saturated rings. The Morgan fingerprint density at radius 3 is 2.63 bits per heavy atom. The summed E-state index contributed by atoms with van der Waals surface area (Å²) in [7, 11) is 0. The van der Waals surface area contributed by atoms with Gasteiger partial charge in [0.25, 0.3) is 0 Å². The van der Waals surface area contributed by atoms with Gasteiger partial charge in [-0.15, -0.1) is 0 Å². The summed E-state index contributed by atoms with van der Waals surface area (Å²) in [6.45, 7) is 0. The van der Waals surface area contributed by atoms with Crippen molar-refractivity contribution >= 4 is 17.5 Å². The molecule has 0 saturated carbocycles. The molecule has 4 rings (SSSR count). The van der Waals surface area contributed by atoms with Gasteiger partial charge in [0.15, 0.2) is 5.16 Å². The molecule has 0 N–H and O–H groups in total. The lowest BCUT2D eigenvalue weighted by Crippen LogP contribution is -2.04. The first-order valence-corrected chi connectivity index (χ1v) is 9.08. The van der Waals surface area contributed by atoms with Gasteiger partial charge >= 0.3 is 6.18 Å². The van der Waals surface area contributed by atoms with Crippen LogP contribution in [0, 0.1) is 0 Å². The molecular weight excluding hydrogens is 375 g/mol. The summed E-state index contributed by atoms with van der Waals surface area (Å²) >= 11 is 1.38. The van der Waals surface area contributed by atoms with Gasteiger partial charge in [0.2, 0.25) is 5.78 Å². The largest absolute Gasteiger partial charge is 0.416 e. The standard InChI is InChI=1S/C18H12F3N5S/c1-27-17-23-8-6-13(24-17)15-14(25-16-22-7-3-9-26(15)16)11-4-2-5-12(10-11)18(19,20)21/h2-10H,1H3. The Morgan fingerprint density at radius 1 is 1.00 bits per heavy atom. The predicted octanol–water partition coefficient (Wildman–Crippen LogP) is 4.59. The Morgan fingerprint density at radius 2 is 1.85 bits per heavy atom. The second-order valence-electron chi connectivity index (χ2n) is 5.61. The second-order valence-corrected chi connectivity index (χ2v) is 6.38. The van der Waals surface area contributed by atoms with Crippen LogP contribution in [0.15, 0.2) is 60.1 Å². The number of aromatic nitrogens is 5. The van der Waals surface area contributed by atoms with Gasteiger partial charge < -0.3 is 0 Å². The topological polar surface area (TPSA) is 56.0 Å². The molecule has 3 aromatic heterocycles. The minimum Gasteiger partial charge on any atom is -0.281 e. The van der Waals surface area contributed by atoms with Crippen molar-refractivity contribution < 1.29 is 13.2 Å². The number of rotatable bonds is 3. The third-order valence-corrected chi connectivity index (χ3v) is 4.49. The van der Waals surface area contributed by atoms with E-state index in [0.29, 0.717) is 33.6 Å². The van der Waals surface area contributed by atoms with Crippen LogP contribution in [0.4, 0.5) is 13.2 Å². The van der Waals surface area contributed by atoms with E-state index in [2.05, 4.69) is 19.9 Å². The fourth-order valence-electron chi connectivity index (χ4n) is 2.75. The highest BCUT2D eigenvalue weighted by Gasteiger charge is 2.31. The van der Waals surface area contributed by atoms with E-state index in [4.69, 9.17) is 0 Å². The number of alkyl halides is 3. The van der Waals surface area contributed by atoms with E-state index in [9.17, 15) is 13.2 Å². The Balaban J connectivity index is 1.99. The molecule has 0 aliphatic rings. The quantitative estimate of drug-likeness (QED) is 0.380. The Labute approximate surface area is 156 Å². The van der Waals surface area contributed by atoms with Crippen LogP contribution in [0.3, 0.4) is 0 Å². The Bertz CT molecular complexity index is 1120. The van der Waals surface area contributed by atoms with Crippen LogP contribution in [0.1, 0.15) is 5.56 Å². The molecule has 5 nitrogen and oxygen atoms in total. The van der Waals surface area contributed by atoms with Crippen molar-refractivity contribution in [2.24, 2.45) is 0 Å². The van der Waals surface area contributed by atoms with Crippen molar-refractivity contribution in [1.29, 1.82) is 0 Å². The molecule has 0 unspecified atom stereocenters. The van der Waals surface area contributed by atoms with Crippen molar-refractivity contribution in [3.63, 3.8) is 0 Å². The summed E-state index contributed by atoms with van der Waals surface area (Å²) in [5, 5.41) is 0.557. The number of hydrogen-bond acceptors (Lipinski definition) is 5. The van der Waals surface area contributed by atoms with Crippen LogP contribution in [0.2, 0.25) is 0 Å². The minimum absolute atomic E-state index is 0.342. The molecule has 4 aromatic rings. The van der Waals surface area contributed by atoms with E-state index in [1.54, 1.807) is 41.2 Å². The van der Waals surface area contributed by atoms with E-state index in [0.717, 1.165) is 12.1 Å². The number of halogens is 3. The van der Waals surface area contributed by atoms with Crippen molar-refractivity contribution in [1.82, 2.24) is 24.3 Å². The van der Waals surface area contributed by atoms with E-state index in [1.165, 1.54) is 17.8 Å². The van der Waals surface area contributed by atoms with Crippen LogP contribution < -0.4 is 0 Å². The molecule has 0 amide bonds. The molecule has 0 bridgehead atoms. The van der Waals surface area contributed by atoms with Gasteiger partial charge in [-0.1, -0.05) is 23.9 Å². The molecule has 27 heavy (non-hydrogen) atoms. The van der Waals surface area contributed by atoms with E-state index in [-0.39, 0.29) is 0 Å². The lowest BCUT2D eigenvalue weighted by molar-refractivity contribution is -0.137. The lowest BCUT2D eigenvalue weighted by Gasteiger charge is -2.09. The highest BCUT2D eigenvalue weighted by molar-refractivity contribution is 7.98. The van der Waals surface area contributed by atoms with Crippen LogP contribution in [0.5, 0.6) is 0 Å². The zero-order chi connectivity index (χ0) is 19.0. The average Bonchev–Trinajstić information content (AvgIpc) is 3.07. The van der Waals surface area contributed by atoms with Gasteiger partial charge in [0.05, 0.1) is 11.3 Å². The van der Waals surface area contributed by atoms with E-state index < -0.39 is 11.7 Å². The second kappa shape index (κ2) is 6.66. The molecule has 136 valence electrons. The third-order valence-electron chi connectivity index (χ3n) is 3.93. The summed E-state index contributed by atoms with van der Waals surface area (Å²) in [4.78, 5) is 17.3. The summed E-state index contributed by atoms with van der Waals surface area (Å²) in [6.07, 6.45) is 2.36. The zero-order valence-electron chi connectivity index (χ0n) is 14.0. The Kier molecular flexibility index (Phi) is 4.31. The fourth-order valence-corrected chi connectivity index (χ4v) is 3.10. The maximum absolute atomic E-state index is 13.1. The number of imidazole rings is 1. The maximum Gasteiger partial charge on any atom is 0.416 e. The van der Waals surface area contributed by atoms with Crippen molar-refractivity contribution in [3.8, 4) is 22.6 Å². The molecule has 0 radical (unpaired) electrons. The number of thioether (sulfide) groups is 1. The summed E-state index contributed by atoms with van der Waals surface area (Å²) in [6, 6.07) is 8.51. The van der Waals surface area contributed by atoms with Crippen molar-refractivity contribution in [3.05, 3.63) is 60.6 Å². The molecule has 0 atom stereocenters. The fraction of sp³-hybridized carbons (Fsp3) is 0.111. The molecule has 1 aromatic carbocycles. The first kappa shape index (κ1) is 17.5. The number of hydrogen-bond donors (Lipinski definition) is 0. The first-order valence-electron chi connectivity index (χ1n) is 7.85. The molecule has 0 saturated heterocycles. The van der Waals surface area contributed by atoms with Crippen molar-refractivity contribution in [2.45, 2.75) is 11.3 Å². The first-order chi connectivity index (χ1) is 13.0. The van der Waals surface area contributed by atoms with Crippen LogP contribution in [-0.2, 0) is 6.18 Å². The molecular formula is C18H12F3N5S. The Hall–Kier alpha value is -2.94. The zero-order valence-corrected chi connectivity index (χ0v) is 14.8. The van der Waals surface area contributed by atoms with E-state index in [1.807, 2.05) is 6.26 Å². The highest BCUT2D eigenvalue weighted by Crippen LogP contribution is 2.35. The molecule has 3 heterocycles. The maximum atomic E-state index is 13.1. The molecule has 9 heteroatoms. The summed E-state index contributed by atoms with van der Waals surface area (Å²) in [5.74, 6) is 0.379. The van der Waals surface area contributed by atoms with Crippen LogP contribution in [-0.4, -0.2) is 30.6 Å². The smallest absolute Gasteiger partial charge is 0.281 e. The minimum atomic E-state index is -4.44. The average molecular weight is 387 g/mol. The van der Waals surface area contributed by atoms with Gasteiger partial charge in [0.1, 0.15) is 11.4 Å². The predicted molar refractivity (Wildman–Crippen MR) is 96.2 cm³/mol. The third kappa shape index (κ3) is 3.25. The van der Waals surface area contributed by atoms with Gasteiger partial charge in [0, 0.05) is 24.2 Å². The molecule has 0 spiro atoms. The SMILES string of the molecule is CSc1nccc(-c2c(-c3cccc(C(F)(F)F)c3)nc3ncccn23)n1. The lowest BCUT2D eigenvalue weighted by atomic mass is 10.1.